The third kappa shape index (κ3) is 3.37. The number of furan rings is 1. The zero-order chi connectivity index (χ0) is 14.4. The predicted molar refractivity (Wildman–Crippen MR) is 79.1 cm³/mol. The molecule has 20 heavy (non-hydrogen) atoms. The fourth-order valence-electron chi connectivity index (χ4n) is 2.63. The van der Waals surface area contributed by atoms with Crippen LogP contribution in [-0.4, -0.2) is 29.1 Å². The molecule has 0 aromatic carbocycles. The Hall–Kier alpha value is -1.41. The lowest BCUT2D eigenvalue weighted by atomic mass is 9.81. The number of thioether (sulfide) groups is 1. The minimum absolute atomic E-state index is 0.0324. The molecule has 4 nitrogen and oxygen atoms in total. The molecule has 1 heterocycles. The van der Waals surface area contributed by atoms with Crippen LogP contribution in [0.5, 0.6) is 0 Å². The van der Waals surface area contributed by atoms with Crippen molar-refractivity contribution in [3.05, 3.63) is 24.2 Å². The van der Waals surface area contributed by atoms with Crippen LogP contribution in [0.25, 0.3) is 0 Å². The molecule has 0 N–H and O–H groups in total. The van der Waals surface area contributed by atoms with E-state index in [1.807, 2.05) is 12.1 Å². The minimum Gasteiger partial charge on any atom is -0.468 e. The average Bonchev–Trinajstić information content (AvgIpc) is 3.00. The smallest absolute Gasteiger partial charge is 0.233 e. The zero-order valence-corrected chi connectivity index (χ0v) is 12.6. The molecule has 1 aromatic rings. The number of carbonyl (C=O) groups is 1. The number of hydrogen-bond acceptors (Lipinski definition) is 4. The van der Waals surface area contributed by atoms with Crippen molar-refractivity contribution in [2.24, 2.45) is 0 Å². The van der Waals surface area contributed by atoms with E-state index in [9.17, 15) is 10.1 Å². The lowest BCUT2D eigenvalue weighted by molar-refractivity contribution is -0.131. The van der Waals surface area contributed by atoms with E-state index in [4.69, 9.17) is 4.42 Å². The van der Waals surface area contributed by atoms with E-state index >= 15 is 0 Å². The molecular weight excluding hydrogens is 272 g/mol. The molecule has 1 aromatic heterocycles. The van der Waals surface area contributed by atoms with Crippen LogP contribution in [0.1, 0.15) is 37.9 Å². The van der Waals surface area contributed by atoms with Crippen LogP contribution in [0.3, 0.4) is 0 Å². The maximum absolute atomic E-state index is 12.3. The summed E-state index contributed by atoms with van der Waals surface area (Å²) in [4.78, 5) is 13.9. The van der Waals surface area contributed by atoms with Gasteiger partial charge in [-0.25, -0.2) is 0 Å². The van der Waals surface area contributed by atoms with Gasteiger partial charge in [-0.15, -0.1) is 11.8 Å². The highest BCUT2D eigenvalue weighted by Gasteiger charge is 2.38. The molecule has 0 aliphatic heterocycles. The molecule has 1 fully saturated rings. The SMILES string of the molecule is CN(C(=O)CSCc1ccco1)C1(C#N)CCCCC1. The summed E-state index contributed by atoms with van der Waals surface area (Å²) in [7, 11) is 1.77. The number of amides is 1. The van der Waals surface area contributed by atoms with E-state index in [1.165, 1.54) is 18.2 Å². The molecule has 1 saturated carbocycles. The van der Waals surface area contributed by atoms with Crippen molar-refractivity contribution in [1.29, 1.82) is 5.26 Å². The Labute approximate surface area is 124 Å². The molecule has 108 valence electrons. The second-order valence-corrected chi connectivity index (χ2v) is 6.21. The number of carbonyl (C=O) groups excluding carboxylic acids is 1. The average molecular weight is 292 g/mol. The number of nitriles is 1. The van der Waals surface area contributed by atoms with Gasteiger partial charge in [-0.05, 0) is 25.0 Å². The normalized spacial score (nSPS) is 17.4. The van der Waals surface area contributed by atoms with E-state index in [1.54, 1.807) is 18.2 Å². The first-order chi connectivity index (χ1) is 9.68. The van der Waals surface area contributed by atoms with Gasteiger partial charge in [-0.2, -0.15) is 5.26 Å². The molecule has 5 heteroatoms. The van der Waals surface area contributed by atoms with Crippen LogP contribution < -0.4 is 0 Å². The van der Waals surface area contributed by atoms with Crippen LogP contribution in [-0.2, 0) is 10.5 Å². The van der Waals surface area contributed by atoms with Crippen LogP contribution >= 0.6 is 11.8 Å². The highest BCUT2D eigenvalue weighted by Crippen LogP contribution is 2.32. The third-order valence-electron chi connectivity index (χ3n) is 3.95. The van der Waals surface area contributed by atoms with Crippen molar-refractivity contribution in [2.75, 3.05) is 12.8 Å². The van der Waals surface area contributed by atoms with Gasteiger partial charge in [-0.1, -0.05) is 19.3 Å². The first-order valence-electron chi connectivity index (χ1n) is 6.96. The Morgan fingerprint density at radius 3 is 2.85 bits per heavy atom. The molecule has 1 amide bonds. The summed E-state index contributed by atoms with van der Waals surface area (Å²) >= 11 is 1.53. The number of hydrogen-bond donors (Lipinski definition) is 0. The molecule has 0 bridgehead atoms. The van der Waals surface area contributed by atoms with Gasteiger partial charge in [-0.3, -0.25) is 4.79 Å². The summed E-state index contributed by atoms with van der Waals surface area (Å²) in [5, 5.41) is 9.47. The summed E-state index contributed by atoms with van der Waals surface area (Å²) in [5.41, 5.74) is -0.583. The van der Waals surface area contributed by atoms with Gasteiger partial charge in [0.05, 0.1) is 23.8 Å². The maximum atomic E-state index is 12.3. The van der Waals surface area contributed by atoms with E-state index in [0.717, 1.165) is 31.4 Å². The highest BCUT2D eigenvalue weighted by atomic mass is 32.2. The van der Waals surface area contributed by atoms with Crippen molar-refractivity contribution in [3.63, 3.8) is 0 Å². The number of nitrogens with zero attached hydrogens (tertiary/aromatic N) is 2. The van der Waals surface area contributed by atoms with Gasteiger partial charge < -0.3 is 9.32 Å². The largest absolute Gasteiger partial charge is 0.468 e. The second-order valence-electron chi connectivity index (χ2n) is 5.23. The Morgan fingerprint density at radius 1 is 1.50 bits per heavy atom. The molecule has 2 rings (SSSR count). The third-order valence-corrected chi connectivity index (χ3v) is 4.89. The van der Waals surface area contributed by atoms with Crippen LogP contribution in [0.15, 0.2) is 22.8 Å². The molecule has 0 spiro atoms. The second kappa shape index (κ2) is 6.85. The molecule has 0 atom stereocenters. The van der Waals surface area contributed by atoms with Gasteiger partial charge in [0.25, 0.3) is 0 Å². The van der Waals surface area contributed by atoms with Crippen LogP contribution in [0.4, 0.5) is 0 Å². The standard InChI is InChI=1S/C15H20N2O2S/c1-17(15(12-16)7-3-2-4-8-15)14(18)11-20-10-13-6-5-9-19-13/h5-6,9H,2-4,7-8,10-11H2,1H3. The van der Waals surface area contributed by atoms with Gasteiger partial charge in [0, 0.05) is 7.05 Å². The van der Waals surface area contributed by atoms with Crippen LogP contribution in [0, 0.1) is 11.3 Å². The summed E-state index contributed by atoms with van der Waals surface area (Å²) < 4.78 is 5.24. The van der Waals surface area contributed by atoms with E-state index in [0.29, 0.717) is 11.5 Å². The summed E-state index contributed by atoms with van der Waals surface area (Å²) in [5.74, 6) is 1.98. The Kier molecular flexibility index (Phi) is 5.13. The Morgan fingerprint density at radius 2 is 2.25 bits per heavy atom. The zero-order valence-electron chi connectivity index (χ0n) is 11.8. The maximum Gasteiger partial charge on any atom is 0.233 e. The molecule has 0 radical (unpaired) electrons. The molecule has 0 saturated heterocycles. The Bertz CT molecular complexity index is 473. The van der Waals surface area contributed by atoms with Crippen molar-refractivity contribution in [2.45, 2.75) is 43.4 Å². The van der Waals surface area contributed by atoms with Gasteiger partial charge in [0.15, 0.2) is 0 Å². The molecule has 1 aliphatic rings. The predicted octanol–water partition coefficient (Wildman–Crippen LogP) is 3.20. The first-order valence-corrected chi connectivity index (χ1v) is 8.11. The van der Waals surface area contributed by atoms with E-state index in [-0.39, 0.29) is 5.91 Å². The Balaban J connectivity index is 1.86. The quantitative estimate of drug-likeness (QED) is 0.836. The van der Waals surface area contributed by atoms with Crippen molar-refractivity contribution < 1.29 is 9.21 Å². The highest BCUT2D eigenvalue weighted by molar-refractivity contribution is 7.99. The molecule has 1 aliphatic carbocycles. The fourth-order valence-corrected chi connectivity index (χ4v) is 3.46. The van der Waals surface area contributed by atoms with Crippen LogP contribution in [0.2, 0.25) is 0 Å². The lowest BCUT2D eigenvalue weighted by Gasteiger charge is -2.39. The molecular formula is C15H20N2O2S. The van der Waals surface area contributed by atoms with E-state index in [2.05, 4.69) is 6.07 Å². The van der Waals surface area contributed by atoms with Crippen molar-refractivity contribution in [1.82, 2.24) is 4.90 Å². The first kappa shape index (κ1) is 15.0. The monoisotopic (exact) mass is 292 g/mol. The van der Waals surface area contributed by atoms with Gasteiger partial charge in [0.2, 0.25) is 5.91 Å². The molecule has 0 unspecified atom stereocenters. The number of rotatable bonds is 5. The van der Waals surface area contributed by atoms with Crippen molar-refractivity contribution >= 4 is 17.7 Å². The topological polar surface area (TPSA) is 57.2 Å². The van der Waals surface area contributed by atoms with Crippen molar-refractivity contribution in [3.8, 4) is 6.07 Å². The fraction of sp³-hybridized carbons (Fsp3) is 0.600. The lowest BCUT2D eigenvalue weighted by Crippen LogP contribution is -2.50. The summed E-state index contributed by atoms with van der Waals surface area (Å²) in [6, 6.07) is 6.13. The van der Waals surface area contributed by atoms with Gasteiger partial charge in [0.1, 0.15) is 11.3 Å². The van der Waals surface area contributed by atoms with E-state index < -0.39 is 5.54 Å². The summed E-state index contributed by atoms with van der Waals surface area (Å²) in [6.45, 7) is 0. The minimum atomic E-state index is -0.583. The van der Waals surface area contributed by atoms with Gasteiger partial charge >= 0.3 is 0 Å². The summed E-state index contributed by atoms with van der Waals surface area (Å²) in [6.07, 6.45) is 6.47.